The van der Waals surface area contributed by atoms with Crippen LogP contribution in [-0.4, -0.2) is 58.6 Å². The predicted octanol–water partition coefficient (Wildman–Crippen LogP) is 2.91. The van der Waals surface area contributed by atoms with E-state index in [9.17, 15) is 27.0 Å². The maximum atomic E-state index is 12.8. The minimum absolute atomic E-state index is 0.0782. The molecule has 0 saturated carbocycles. The number of nitrogens with zero attached hydrogens (tertiary/aromatic N) is 2. The fourth-order valence-electron chi connectivity index (χ4n) is 4.25. The van der Waals surface area contributed by atoms with Crippen molar-refractivity contribution in [2.75, 3.05) is 26.2 Å². The lowest BCUT2D eigenvalue weighted by Crippen LogP contribution is -2.35. The Balaban J connectivity index is 1.25. The van der Waals surface area contributed by atoms with Crippen LogP contribution in [0.1, 0.15) is 15.9 Å². The van der Waals surface area contributed by atoms with Gasteiger partial charge in [-0.1, -0.05) is 12.1 Å². The number of carbonyl (C=O) groups excluding carboxylic acids is 2. The Morgan fingerprint density at radius 3 is 2.03 bits per heavy atom. The zero-order valence-electron chi connectivity index (χ0n) is 17.9. The normalized spacial score (nSPS) is 20.7. The van der Waals surface area contributed by atoms with Crippen molar-refractivity contribution >= 4 is 23.0 Å². The summed E-state index contributed by atoms with van der Waals surface area (Å²) in [5, 5.41) is 5.33. The topological polar surface area (TPSA) is 102 Å². The van der Waals surface area contributed by atoms with Crippen molar-refractivity contribution in [3.8, 4) is 5.75 Å². The molecule has 8 nitrogen and oxygen atoms in total. The van der Waals surface area contributed by atoms with E-state index in [1.54, 1.807) is 34.1 Å². The molecule has 4 rings (SSSR count). The molecule has 2 heterocycles. The summed E-state index contributed by atoms with van der Waals surface area (Å²) in [5.74, 6) is -0.215. The molecule has 2 N–H and O–H groups in total. The van der Waals surface area contributed by atoms with Crippen LogP contribution in [0.15, 0.2) is 53.4 Å². The SMILES string of the molecule is NS(=O)c1ccc(C(=O)N2CC3CN(C(=O)OCc4ccc(OC(F)(F)F)cc4)C[C@@H]3C2)cc1. The van der Waals surface area contributed by atoms with Crippen LogP contribution in [0.2, 0.25) is 0 Å². The summed E-state index contributed by atoms with van der Waals surface area (Å²) in [6, 6.07) is 11.4. The Kier molecular flexibility index (Phi) is 6.80. The number of benzene rings is 2. The number of nitrogens with two attached hydrogens (primary N) is 1. The zero-order chi connectivity index (χ0) is 24.5. The van der Waals surface area contributed by atoms with Crippen LogP contribution in [0, 0.1) is 11.8 Å². The lowest BCUT2D eigenvalue weighted by Gasteiger charge is -2.21. The van der Waals surface area contributed by atoms with E-state index in [1.165, 1.54) is 12.1 Å². The van der Waals surface area contributed by atoms with Crippen molar-refractivity contribution in [3.63, 3.8) is 0 Å². The van der Waals surface area contributed by atoms with Crippen molar-refractivity contribution < 1.29 is 36.4 Å². The summed E-state index contributed by atoms with van der Waals surface area (Å²) in [6.45, 7) is 1.86. The zero-order valence-corrected chi connectivity index (χ0v) is 18.7. The largest absolute Gasteiger partial charge is 0.573 e. The molecule has 2 aromatic carbocycles. The molecule has 0 bridgehead atoms. The van der Waals surface area contributed by atoms with Gasteiger partial charge >= 0.3 is 12.5 Å². The summed E-state index contributed by atoms with van der Waals surface area (Å²) in [4.78, 5) is 29.0. The van der Waals surface area contributed by atoms with Gasteiger partial charge in [-0.05, 0) is 42.0 Å². The van der Waals surface area contributed by atoms with E-state index in [0.29, 0.717) is 42.2 Å². The van der Waals surface area contributed by atoms with Gasteiger partial charge in [0.05, 0.1) is 4.90 Å². The standard InChI is InChI=1S/C22H22F3N3O5S/c23-22(24,25)33-18-5-1-14(2-6-18)13-32-21(30)28-11-16-9-27(10-17(16)12-28)20(29)15-3-7-19(8-4-15)34(26)31/h1-8,16-17H,9-13,26H2/t16-,17?,34?/m0/s1. The highest BCUT2D eigenvalue weighted by molar-refractivity contribution is 7.82. The number of ether oxygens (including phenoxy) is 2. The van der Waals surface area contributed by atoms with Crippen LogP contribution in [-0.2, 0) is 22.3 Å². The van der Waals surface area contributed by atoms with Gasteiger partial charge < -0.3 is 19.3 Å². The Morgan fingerprint density at radius 2 is 1.50 bits per heavy atom. The molecule has 12 heteroatoms. The monoisotopic (exact) mass is 497 g/mol. The van der Waals surface area contributed by atoms with Crippen LogP contribution < -0.4 is 9.88 Å². The van der Waals surface area contributed by atoms with E-state index in [4.69, 9.17) is 9.88 Å². The molecule has 3 atom stereocenters. The molecule has 2 aromatic rings. The minimum atomic E-state index is -4.77. The number of amides is 2. The first kappa shape index (κ1) is 24.0. The molecule has 0 radical (unpaired) electrons. The highest BCUT2D eigenvalue weighted by atomic mass is 32.2. The molecule has 182 valence electrons. The number of fused-ring (bicyclic) bond motifs is 1. The summed E-state index contributed by atoms with van der Waals surface area (Å²) >= 11 is 0. The molecule has 34 heavy (non-hydrogen) atoms. The lowest BCUT2D eigenvalue weighted by atomic mass is 10.0. The van der Waals surface area contributed by atoms with E-state index in [-0.39, 0.29) is 30.1 Å². The van der Waals surface area contributed by atoms with Crippen molar-refractivity contribution in [1.82, 2.24) is 9.80 Å². The van der Waals surface area contributed by atoms with E-state index < -0.39 is 23.4 Å². The van der Waals surface area contributed by atoms with Crippen molar-refractivity contribution in [2.24, 2.45) is 17.0 Å². The fraction of sp³-hybridized carbons (Fsp3) is 0.364. The molecule has 0 aromatic heterocycles. The number of carbonyl (C=O) groups is 2. The number of hydrogen-bond acceptors (Lipinski definition) is 5. The molecule has 0 aliphatic carbocycles. The summed E-state index contributed by atoms with van der Waals surface area (Å²) in [6.07, 6.45) is -5.27. The molecule has 2 fully saturated rings. The molecule has 2 aliphatic rings. The van der Waals surface area contributed by atoms with Crippen LogP contribution in [0.4, 0.5) is 18.0 Å². The smallest absolute Gasteiger partial charge is 0.445 e. The molecular weight excluding hydrogens is 475 g/mol. The highest BCUT2D eigenvalue weighted by Gasteiger charge is 2.43. The average molecular weight is 497 g/mol. The maximum absolute atomic E-state index is 12.8. The van der Waals surface area contributed by atoms with Crippen LogP contribution >= 0.6 is 0 Å². The van der Waals surface area contributed by atoms with E-state index in [1.807, 2.05) is 0 Å². The van der Waals surface area contributed by atoms with Crippen LogP contribution in [0.3, 0.4) is 0 Å². The Labute approximate surface area is 196 Å². The van der Waals surface area contributed by atoms with Crippen molar-refractivity contribution in [2.45, 2.75) is 17.9 Å². The number of likely N-dealkylation sites (tertiary alicyclic amines) is 2. The Bertz CT molecular complexity index is 1060. The first-order chi connectivity index (χ1) is 16.1. The van der Waals surface area contributed by atoms with Gasteiger partial charge in [-0.2, -0.15) is 0 Å². The third-order valence-corrected chi connectivity index (χ3v) is 6.62. The van der Waals surface area contributed by atoms with Crippen molar-refractivity contribution in [3.05, 3.63) is 59.7 Å². The van der Waals surface area contributed by atoms with E-state index >= 15 is 0 Å². The van der Waals surface area contributed by atoms with Gasteiger partial charge in [0.25, 0.3) is 5.91 Å². The molecule has 2 amide bonds. The quantitative estimate of drug-likeness (QED) is 0.685. The third-order valence-electron chi connectivity index (χ3n) is 5.88. The molecule has 2 unspecified atom stereocenters. The summed E-state index contributed by atoms with van der Waals surface area (Å²) < 4.78 is 57.1. The van der Waals surface area contributed by atoms with Gasteiger partial charge in [0.15, 0.2) is 0 Å². The molecule has 2 saturated heterocycles. The predicted molar refractivity (Wildman–Crippen MR) is 115 cm³/mol. The second-order valence-electron chi connectivity index (χ2n) is 8.20. The summed E-state index contributed by atoms with van der Waals surface area (Å²) in [7, 11) is -1.60. The van der Waals surface area contributed by atoms with Crippen molar-refractivity contribution in [1.29, 1.82) is 0 Å². The number of halogens is 3. The second-order valence-corrected chi connectivity index (χ2v) is 9.27. The number of alkyl halides is 3. The number of hydrogen-bond donors (Lipinski definition) is 1. The van der Waals surface area contributed by atoms with Crippen LogP contribution in [0.5, 0.6) is 5.75 Å². The fourth-order valence-corrected chi connectivity index (χ4v) is 4.65. The first-order valence-corrected chi connectivity index (χ1v) is 11.6. The lowest BCUT2D eigenvalue weighted by molar-refractivity contribution is -0.274. The average Bonchev–Trinajstić information content (AvgIpc) is 3.36. The minimum Gasteiger partial charge on any atom is -0.445 e. The van der Waals surface area contributed by atoms with Gasteiger partial charge in [-0.3, -0.25) is 4.79 Å². The van der Waals surface area contributed by atoms with Gasteiger partial charge in [0.2, 0.25) is 0 Å². The Morgan fingerprint density at radius 1 is 0.941 bits per heavy atom. The Hall–Kier alpha value is -3.12. The summed E-state index contributed by atoms with van der Waals surface area (Å²) in [5.41, 5.74) is 1.01. The molecular formula is C22H22F3N3O5S. The van der Waals surface area contributed by atoms with Gasteiger partial charge in [0.1, 0.15) is 23.3 Å². The van der Waals surface area contributed by atoms with E-state index in [2.05, 4.69) is 4.74 Å². The maximum Gasteiger partial charge on any atom is 0.573 e. The molecule has 0 spiro atoms. The number of rotatable bonds is 5. The molecule has 2 aliphatic heterocycles. The van der Waals surface area contributed by atoms with Crippen LogP contribution in [0.25, 0.3) is 0 Å². The second kappa shape index (κ2) is 9.63. The third kappa shape index (κ3) is 5.68. The van der Waals surface area contributed by atoms with E-state index in [0.717, 1.165) is 12.1 Å². The first-order valence-electron chi connectivity index (χ1n) is 10.4. The van der Waals surface area contributed by atoms with Gasteiger partial charge in [-0.25, -0.2) is 14.1 Å². The highest BCUT2D eigenvalue weighted by Crippen LogP contribution is 2.32. The van der Waals surface area contributed by atoms with Gasteiger partial charge in [-0.15, -0.1) is 13.2 Å². The van der Waals surface area contributed by atoms with Gasteiger partial charge in [0, 0.05) is 43.6 Å².